The van der Waals surface area contributed by atoms with Crippen LogP contribution in [0, 0.1) is 0 Å². The van der Waals surface area contributed by atoms with Gasteiger partial charge in [-0.25, -0.2) is 14.6 Å². The Morgan fingerprint density at radius 3 is 2.45 bits per heavy atom. The monoisotopic (exact) mass is 513 g/mol. The number of nitrogens with zero attached hydrogens (tertiary/aromatic N) is 7. The van der Waals surface area contributed by atoms with Gasteiger partial charge in [-0.1, -0.05) is 12.1 Å². The summed E-state index contributed by atoms with van der Waals surface area (Å²) < 4.78 is 7.53. The van der Waals surface area contributed by atoms with Gasteiger partial charge in [0, 0.05) is 50.5 Å². The number of carbonyl (C=O) groups excluding carboxylic acids is 1. The smallest absolute Gasteiger partial charge is 0.253 e. The van der Waals surface area contributed by atoms with E-state index in [4.69, 9.17) is 4.74 Å². The van der Waals surface area contributed by atoms with Crippen molar-refractivity contribution in [3.8, 4) is 5.75 Å². The van der Waals surface area contributed by atoms with Crippen molar-refractivity contribution in [1.29, 1.82) is 0 Å². The molecule has 5 rings (SSSR count). The summed E-state index contributed by atoms with van der Waals surface area (Å²) in [7, 11) is 0. The number of ether oxygens (including phenoxy) is 1. The van der Waals surface area contributed by atoms with E-state index in [1.54, 1.807) is 6.33 Å². The van der Waals surface area contributed by atoms with E-state index in [0.717, 1.165) is 52.5 Å². The van der Waals surface area contributed by atoms with Gasteiger partial charge in [0.1, 0.15) is 17.9 Å². The molecule has 0 bridgehead atoms. The summed E-state index contributed by atoms with van der Waals surface area (Å²) in [5, 5.41) is 5.53. The molecule has 198 valence electrons. The zero-order valence-corrected chi connectivity index (χ0v) is 22.4. The maximum absolute atomic E-state index is 13.2. The van der Waals surface area contributed by atoms with Crippen molar-refractivity contribution in [1.82, 2.24) is 24.6 Å². The summed E-state index contributed by atoms with van der Waals surface area (Å²) in [6, 6.07) is 16.0. The maximum atomic E-state index is 13.2. The van der Waals surface area contributed by atoms with Crippen molar-refractivity contribution in [3.05, 3.63) is 72.2 Å². The van der Waals surface area contributed by atoms with E-state index in [2.05, 4.69) is 44.8 Å². The van der Waals surface area contributed by atoms with E-state index in [-0.39, 0.29) is 5.91 Å². The highest BCUT2D eigenvalue weighted by atomic mass is 16.5. The summed E-state index contributed by atoms with van der Waals surface area (Å²) >= 11 is 0. The van der Waals surface area contributed by atoms with Gasteiger partial charge in [0.05, 0.1) is 24.7 Å². The number of hydrogen-bond donors (Lipinski definition) is 0. The Labute approximate surface area is 223 Å². The average molecular weight is 514 g/mol. The van der Waals surface area contributed by atoms with E-state index >= 15 is 0 Å². The van der Waals surface area contributed by atoms with Crippen LogP contribution < -0.4 is 14.5 Å². The van der Waals surface area contributed by atoms with Crippen molar-refractivity contribution < 1.29 is 9.53 Å². The number of carbonyl (C=O) groups is 1. The van der Waals surface area contributed by atoms with E-state index in [9.17, 15) is 4.79 Å². The molecule has 1 fully saturated rings. The highest BCUT2D eigenvalue weighted by molar-refractivity contribution is 5.95. The van der Waals surface area contributed by atoms with Crippen LogP contribution in [-0.4, -0.2) is 76.4 Å². The molecule has 0 N–H and O–H groups in total. The zero-order chi connectivity index (χ0) is 26.5. The first-order valence-electron chi connectivity index (χ1n) is 13.4. The number of hydrogen-bond acceptors (Lipinski definition) is 7. The van der Waals surface area contributed by atoms with Crippen LogP contribution in [0.4, 0.5) is 11.5 Å². The first-order valence-corrected chi connectivity index (χ1v) is 13.4. The summed E-state index contributed by atoms with van der Waals surface area (Å²) in [4.78, 5) is 28.7. The molecule has 9 heteroatoms. The topological polar surface area (TPSA) is 79.6 Å². The normalized spacial score (nSPS) is 13.7. The molecule has 0 unspecified atom stereocenters. The van der Waals surface area contributed by atoms with Gasteiger partial charge in [0.25, 0.3) is 5.91 Å². The molecule has 0 aliphatic carbocycles. The standard InChI is InChI=1S/C29H35N7O2/c1-4-33(5-2)24-12-10-23(11-13-24)29(37)35-16-14-34(15-17-35)27-26-19-32-36(28(26)31-21-30-27)20-22-8-7-9-25(18-22)38-6-3/h7-13,18-19,21H,4-6,14-17,20H2,1-3H3. The summed E-state index contributed by atoms with van der Waals surface area (Å²) in [5.74, 6) is 1.79. The van der Waals surface area contributed by atoms with Gasteiger partial charge < -0.3 is 19.4 Å². The van der Waals surface area contributed by atoms with Gasteiger partial charge in [0.2, 0.25) is 0 Å². The summed E-state index contributed by atoms with van der Waals surface area (Å²) in [5.41, 5.74) is 3.77. The first kappa shape index (κ1) is 25.5. The fraction of sp³-hybridized carbons (Fsp3) is 0.379. The van der Waals surface area contributed by atoms with Crippen LogP contribution >= 0.6 is 0 Å². The lowest BCUT2D eigenvalue weighted by Gasteiger charge is -2.35. The second-order valence-corrected chi connectivity index (χ2v) is 9.32. The fourth-order valence-electron chi connectivity index (χ4n) is 5.03. The van der Waals surface area contributed by atoms with Gasteiger partial charge in [0.15, 0.2) is 5.65 Å². The van der Waals surface area contributed by atoms with Gasteiger partial charge in [-0.3, -0.25) is 4.79 Å². The molecule has 3 heterocycles. The first-order chi connectivity index (χ1) is 18.6. The van der Waals surface area contributed by atoms with Crippen LogP contribution in [-0.2, 0) is 6.54 Å². The third-order valence-corrected chi connectivity index (χ3v) is 7.06. The highest BCUT2D eigenvalue weighted by Gasteiger charge is 2.25. The molecule has 0 saturated carbocycles. The number of aromatic nitrogens is 4. The quantitative estimate of drug-likeness (QED) is 0.334. The second kappa shape index (κ2) is 11.5. The van der Waals surface area contributed by atoms with Crippen molar-refractivity contribution in [2.75, 3.05) is 55.7 Å². The van der Waals surface area contributed by atoms with Gasteiger partial charge in [-0.2, -0.15) is 5.10 Å². The van der Waals surface area contributed by atoms with Crippen molar-refractivity contribution in [3.63, 3.8) is 0 Å². The van der Waals surface area contributed by atoms with Gasteiger partial charge >= 0.3 is 0 Å². The van der Waals surface area contributed by atoms with Crippen LogP contribution in [0.25, 0.3) is 11.0 Å². The molecule has 0 radical (unpaired) electrons. The molecule has 1 aliphatic heterocycles. The lowest BCUT2D eigenvalue weighted by Crippen LogP contribution is -2.49. The molecule has 0 spiro atoms. The Hall–Kier alpha value is -4.14. The maximum Gasteiger partial charge on any atom is 0.253 e. The predicted molar refractivity (Wildman–Crippen MR) is 150 cm³/mol. The van der Waals surface area contributed by atoms with E-state index < -0.39 is 0 Å². The fourth-order valence-corrected chi connectivity index (χ4v) is 5.03. The molecule has 1 aliphatic rings. The van der Waals surface area contributed by atoms with Crippen LogP contribution in [0.1, 0.15) is 36.7 Å². The molecule has 1 saturated heterocycles. The van der Waals surface area contributed by atoms with Crippen molar-refractivity contribution >= 4 is 28.4 Å². The minimum atomic E-state index is 0.0747. The number of fused-ring (bicyclic) bond motifs is 1. The number of piperazine rings is 1. The third kappa shape index (κ3) is 5.27. The number of amides is 1. The zero-order valence-electron chi connectivity index (χ0n) is 22.4. The molecule has 1 amide bonds. The molecule has 38 heavy (non-hydrogen) atoms. The highest BCUT2D eigenvalue weighted by Crippen LogP contribution is 2.25. The van der Waals surface area contributed by atoms with E-state index in [1.165, 1.54) is 0 Å². The Bertz CT molecular complexity index is 1370. The molecular weight excluding hydrogens is 478 g/mol. The third-order valence-electron chi connectivity index (χ3n) is 7.06. The Balaban J connectivity index is 1.26. The van der Waals surface area contributed by atoms with Crippen LogP contribution in [0.5, 0.6) is 5.75 Å². The van der Waals surface area contributed by atoms with E-state index in [0.29, 0.717) is 39.3 Å². The SMILES string of the molecule is CCOc1cccc(Cn2ncc3c(N4CCN(C(=O)c5ccc(N(CC)CC)cc5)CC4)ncnc32)c1. The largest absolute Gasteiger partial charge is 0.494 e. The molecular formula is C29H35N7O2. The Kier molecular flexibility index (Phi) is 7.72. The summed E-state index contributed by atoms with van der Waals surface area (Å²) in [6.45, 7) is 12.1. The Morgan fingerprint density at radius 2 is 1.74 bits per heavy atom. The average Bonchev–Trinajstić information content (AvgIpc) is 3.37. The second-order valence-electron chi connectivity index (χ2n) is 9.32. The lowest BCUT2D eigenvalue weighted by molar-refractivity contribution is 0.0746. The molecule has 0 atom stereocenters. The number of rotatable bonds is 9. The van der Waals surface area contributed by atoms with Crippen molar-refractivity contribution in [2.45, 2.75) is 27.3 Å². The van der Waals surface area contributed by atoms with E-state index in [1.807, 2.05) is 65.2 Å². The Morgan fingerprint density at radius 1 is 0.974 bits per heavy atom. The van der Waals surface area contributed by atoms with Crippen LogP contribution in [0.15, 0.2) is 61.1 Å². The summed E-state index contributed by atoms with van der Waals surface area (Å²) in [6.07, 6.45) is 3.44. The predicted octanol–water partition coefficient (Wildman–Crippen LogP) is 4.08. The number of benzene rings is 2. The van der Waals surface area contributed by atoms with Crippen LogP contribution in [0.3, 0.4) is 0 Å². The van der Waals surface area contributed by atoms with Gasteiger partial charge in [-0.15, -0.1) is 0 Å². The van der Waals surface area contributed by atoms with Gasteiger partial charge in [-0.05, 0) is 62.7 Å². The van der Waals surface area contributed by atoms with Crippen LogP contribution in [0.2, 0.25) is 0 Å². The molecule has 4 aromatic rings. The number of anilines is 2. The minimum Gasteiger partial charge on any atom is -0.494 e. The molecule has 9 nitrogen and oxygen atoms in total. The minimum absolute atomic E-state index is 0.0747. The lowest BCUT2D eigenvalue weighted by atomic mass is 10.1. The van der Waals surface area contributed by atoms with Crippen molar-refractivity contribution in [2.24, 2.45) is 0 Å². The molecule has 2 aromatic heterocycles. The molecule has 2 aromatic carbocycles.